The van der Waals surface area contributed by atoms with Crippen LogP contribution >= 0.6 is 27.5 Å². The molecule has 0 saturated heterocycles. The number of benzene rings is 1. The summed E-state index contributed by atoms with van der Waals surface area (Å²) in [6.07, 6.45) is 5.75. The monoisotopic (exact) mass is 352 g/mol. The van der Waals surface area contributed by atoms with E-state index in [1.807, 2.05) is 18.3 Å². The van der Waals surface area contributed by atoms with Crippen molar-refractivity contribution in [3.05, 3.63) is 63.3 Å². The molecule has 1 atom stereocenters. The van der Waals surface area contributed by atoms with Crippen LogP contribution in [-0.2, 0) is 6.42 Å². The quantitative estimate of drug-likeness (QED) is 0.808. The third kappa shape index (κ3) is 4.30. The van der Waals surface area contributed by atoms with Crippen LogP contribution in [-0.4, -0.2) is 11.5 Å². The zero-order valence-corrected chi connectivity index (χ0v) is 13.8. The van der Waals surface area contributed by atoms with E-state index in [9.17, 15) is 0 Å². The van der Waals surface area contributed by atoms with Gasteiger partial charge in [-0.3, -0.25) is 4.98 Å². The first-order valence-electron chi connectivity index (χ1n) is 6.78. The first-order chi connectivity index (χ1) is 9.70. The number of halogens is 2. The largest absolute Gasteiger partial charge is 0.310 e. The molecule has 1 aromatic heterocycles. The van der Waals surface area contributed by atoms with Gasteiger partial charge in [0.2, 0.25) is 0 Å². The van der Waals surface area contributed by atoms with E-state index in [0.717, 1.165) is 28.9 Å². The molecule has 0 fully saturated rings. The highest BCUT2D eigenvalue weighted by Crippen LogP contribution is 2.27. The molecule has 0 radical (unpaired) electrons. The van der Waals surface area contributed by atoms with Crippen LogP contribution in [0.3, 0.4) is 0 Å². The Labute approximate surface area is 133 Å². The van der Waals surface area contributed by atoms with Crippen LogP contribution in [0.15, 0.2) is 47.2 Å². The van der Waals surface area contributed by atoms with Crippen LogP contribution < -0.4 is 5.32 Å². The molecule has 0 aliphatic rings. The summed E-state index contributed by atoms with van der Waals surface area (Å²) in [7, 11) is 0. The van der Waals surface area contributed by atoms with Gasteiger partial charge < -0.3 is 5.32 Å². The van der Waals surface area contributed by atoms with Crippen LogP contribution in [0, 0.1) is 0 Å². The van der Waals surface area contributed by atoms with Gasteiger partial charge >= 0.3 is 0 Å². The predicted molar refractivity (Wildman–Crippen MR) is 88.1 cm³/mol. The summed E-state index contributed by atoms with van der Waals surface area (Å²) in [5.41, 5.74) is 2.46. The summed E-state index contributed by atoms with van der Waals surface area (Å²) < 4.78 is 0.936. The molecule has 0 aliphatic heterocycles. The third-order valence-electron chi connectivity index (χ3n) is 3.15. The van der Waals surface area contributed by atoms with Gasteiger partial charge in [0.1, 0.15) is 0 Å². The minimum atomic E-state index is 0.271. The fourth-order valence-electron chi connectivity index (χ4n) is 2.11. The predicted octanol–water partition coefficient (Wildman–Crippen LogP) is 4.78. The van der Waals surface area contributed by atoms with Crippen molar-refractivity contribution in [2.45, 2.75) is 25.8 Å². The zero-order chi connectivity index (χ0) is 14.4. The first kappa shape index (κ1) is 15.5. The molecule has 2 rings (SSSR count). The number of nitrogens with one attached hydrogen (secondary N) is 1. The summed E-state index contributed by atoms with van der Waals surface area (Å²) in [5, 5.41) is 4.33. The van der Waals surface area contributed by atoms with Gasteiger partial charge in [0.15, 0.2) is 0 Å². The van der Waals surface area contributed by atoms with Gasteiger partial charge in [-0.05, 0) is 64.6 Å². The Kier molecular flexibility index (Phi) is 6.02. The molecule has 106 valence electrons. The molecule has 4 heteroatoms. The second-order valence-electron chi connectivity index (χ2n) is 4.75. The molecule has 1 aromatic carbocycles. The van der Waals surface area contributed by atoms with Crippen molar-refractivity contribution in [3.63, 3.8) is 0 Å². The number of hydrogen-bond donors (Lipinski definition) is 1. The second-order valence-corrected chi connectivity index (χ2v) is 6.01. The van der Waals surface area contributed by atoms with E-state index in [4.69, 9.17) is 11.6 Å². The molecule has 1 unspecified atom stereocenters. The average Bonchev–Trinajstić information content (AvgIpc) is 2.47. The zero-order valence-electron chi connectivity index (χ0n) is 11.4. The highest BCUT2D eigenvalue weighted by molar-refractivity contribution is 9.10. The standard InChI is InChI=1S/C16H18BrClN2/c1-2-7-20-16(9-12-4-3-8-19-11-12)13-5-6-15(18)14(17)10-13/h3-6,8,10-11,16,20H,2,7,9H2,1H3. The lowest BCUT2D eigenvalue weighted by Crippen LogP contribution is -2.24. The highest BCUT2D eigenvalue weighted by atomic mass is 79.9. The maximum absolute atomic E-state index is 6.07. The maximum atomic E-state index is 6.07. The molecule has 1 N–H and O–H groups in total. The number of aromatic nitrogens is 1. The van der Waals surface area contributed by atoms with Gasteiger partial charge in [-0.15, -0.1) is 0 Å². The van der Waals surface area contributed by atoms with Gasteiger partial charge in [-0.25, -0.2) is 0 Å². The number of rotatable bonds is 6. The van der Waals surface area contributed by atoms with E-state index >= 15 is 0 Å². The van der Waals surface area contributed by atoms with Crippen LogP contribution in [0.1, 0.15) is 30.5 Å². The molecular weight excluding hydrogens is 336 g/mol. The first-order valence-corrected chi connectivity index (χ1v) is 7.95. The van der Waals surface area contributed by atoms with Crippen molar-refractivity contribution in [1.82, 2.24) is 10.3 Å². The lowest BCUT2D eigenvalue weighted by atomic mass is 10.00. The van der Waals surface area contributed by atoms with E-state index in [-0.39, 0.29) is 6.04 Å². The molecule has 0 saturated carbocycles. The van der Waals surface area contributed by atoms with Crippen molar-refractivity contribution < 1.29 is 0 Å². The van der Waals surface area contributed by atoms with Gasteiger partial charge in [0.05, 0.1) is 5.02 Å². The van der Waals surface area contributed by atoms with E-state index in [0.29, 0.717) is 0 Å². The normalized spacial score (nSPS) is 12.3. The average molecular weight is 354 g/mol. The number of hydrogen-bond acceptors (Lipinski definition) is 2. The van der Waals surface area contributed by atoms with Gasteiger partial charge in [0, 0.05) is 22.9 Å². The SMILES string of the molecule is CCCNC(Cc1cccnc1)c1ccc(Cl)c(Br)c1. The maximum Gasteiger partial charge on any atom is 0.0548 e. The molecule has 2 nitrogen and oxygen atoms in total. The van der Waals surface area contributed by atoms with Crippen molar-refractivity contribution in [2.75, 3.05) is 6.54 Å². The summed E-state index contributed by atoms with van der Waals surface area (Å²) in [6, 6.07) is 10.5. The molecule has 0 spiro atoms. The molecule has 0 aliphatic carbocycles. The fourth-order valence-corrected chi connectivity index (χ4v) is 2.62. The van der Waals surface area contributed by atoms with Crippen molar-refractivity contribution in [2.24, 2.45) is 0 Å². The lowest BCUT2D eigenvalue weighted by Gasteiger charge is -2.19. The number of pyridine rings is 1. The Bertz CT molecular complexity index is 545. The van der Waals surface area contributed by atoms with E-state index in [1.165, 1.54) is 11.1 Å². The van der Waals surface area contributed by atoms with Gasteiger partial charge in [0.25, 0.3) is 0 Å². The summed E-state index contributed by atoms with van der Waals surface area (Å²) >= 11 is 9.57. The Morgan fingerprint density at radius 3 is 2.85 bits per heavy atom. The molecular formula is C16H18BrClN2. The van der Waals surface area contributed by atoms with Crippen LogP contribution in [0.5, 0.6) is 0 Å². The van der Waals surface area contributed by atoms with Crippen molar-refractivity contribution in [1.29, 1.82) is 0 Å². The summed E-state index contributed by atoms with van der Waals surface area (Å²) in [5.74, 6) is 0. The molecule has 1 heterocycles. The molecule has 0 amide bonds. The topological polar surface area (TPSA) is 24.9 Å². The Balaban J connectivity index is 2.20. The van der Waals surface area contributed by atoms with Gasteiger partial charge in [-0.2, -0.15) is 0 Å². The summed E-state index contributed by atoms with van der Waals surface area (Å²) in [6.45, 7) is 3.16. The minimum absolute atomic E-state index is 0.271. The van der Waals surface area contributed by atoms with Gasteiger partial charge in [-0.1, -0.05) is 30.7 Å². The van der Waals surface area contributed by atoms with Crippen molar-refractivity contribution >= 4 is 27.5 Å². The van der Waals surface area contributed by atoms with E-state index in [1.54, 1.807) is 6.20 Å². The Hall–Kier alpha value is -0.900. The molecule has 20 heavy (non-hydrogen) atoms. The van der Waals surface area contributed by atoms with Crippen LogP contribution in [0.2, 0.25) is 5.02 Å². The lowest BCUT2D eigenvalue weighted by molar-refractivity contribution is 0.528. The second kappa shape index (κ2) is 7.77. The molecule has 0 bridgehead atoms. The van der Waals surface area contributed by atoms with Crippen LogP contribution in [0.25, 0.3) is 0 Å². The van der Waals surface area contributed by atoms with Crippen LogP contribution in [0.4, 0.5) is 0 Å². The summed E-state index contributed by atoms with van der Waals surface area (Å²) in [4.78, 5) is 4.19. The Morgan fingerprint density at radius 1 is 1.35 bits per heavy atom. The third-order valence-corrected chi connectivity index (χ3v) is 4.36. The molecule has 2 aromatic rings. The Morgan fingerprint density at radius 2 is 2.20 bits per heavy atom. The number of nitrogens with zero attached hydrogens (tertiary/aromatic N) is 1. The van der Waals surface area contributed by atoms with E-state index in [2.05, 4.69) is 51.4 Å². The van der Waals surface area contributed by atoms with E-state index < -0.39 is 0 Å². The highest BCUT2D eigenvalue weighted by Gasteiger charge is 2.13. The van der Waals surface area contributed by atoms with Crippen molar-refractivity contribution in [3.8, 4) is 0 Å². The smallest absolute Gasteiger partial charge is 0.0548 e. The fraction of sp³-hybridized carbons (Fsp3) is 0.312. The minimum Gasteiger partial charge on any atom is -0.310 e.